The Hall–Kier alpha value is -3.55. The number of hydrogen-bond acceptors (Lipinski definition) is 5. The van der Waals surface area contributed by atoms with Crippen molar-refractivity contribution in [1.82, 2.24) is 4.90 Å². The second-order valence-corrected chi connectivity index (χ2v) is 7.40. The van der Waals surface area contributed by atoms with Gasteiger partial charge in [0, 0.05) is 24.6 Å². The quantitative estimate of drug-likeness (QED) is 0.735. The molecule has 2 N–H and O–H groups in total. The number of amides is 2. The van der Waals surface area contributed by atoms with E-state index in [1.54, 1.807) is 36.4 Å². The molecular formula is C22H22N2O6. The molecule has 2 aliphatic rings. The highest BCUT2D eigenvalue weighted by Crippen LogP contribution is 2.30. The number of likely N-dealkylation sites (tertiary alicyclic amines) is 1. The van der Waals surface area contributed by atoms with E-state index in [-0.39, 0.29) is 25.2 Å². The second-order valence-electron chi connectivity index (χ2n) is 7.40. The number of anilines is 1. The predicted octanol–water partition coefficient (Wildman–Crippen LogP) is 2.93. The van der Waals surface area contributed by atoms with Crippen LogP contribution in [0.3, 0.4) is 0 Å². The van der Waals surface area contributed by atoms with Gasteiger partial charge in [-0.3, -0.25) is 9.69 Å². The van der Waals surface area contributed by atoms with Crippen molar-refractivity contribution in [2.45, 2.75) is 31.4 Å². The minimum atomic E-state index is -1.08. The molecule has 30 heavy (non-hydrogen) atoms. The highest BCUT2D eigenvalue weighted by Gasteiger charge is 2.37. The lowest BCUT2D eigenvalue weighted by Crippen LogP contribution is -2.38. The first-order valence-corrected chi connectivity index (χ1v) is 9.81. The Balaban J connectivity index is 1.39. The van der Waals surface area contributed by atoms with Crippen LogP contribution in [0.4, 0.5) is 10.5 Å². The second kappa shape index (κ2) is 8.44. The van der Waals surface area contributed by atoms with Crippen molar-refractivity contribution >= 4 is 23.7 Å². The van der Waals surface area contributed by atoms with E-state index in [1.165, 1.54) is 4.90 Å². The summed E-state index contributed by atoms with van der Waals surface area (Å²) in [4.78, 5) is 36.6. The van der Waals surface area contributed by atoms with Gasteiger partial charge in [0.25, 0.3) is 0 Å². The number of nitrogens with zero attached hydrogens (tertiary/aromatic N) is 1. The van der Waals surface area contributed by atoms with Gasteiger partial charge in [-0.15, -0.1) is 0 Å². The normalized spacial score (nSPS) is 20.3. The maximum absolute atomic E-state index is 12.2. The van der Waals surface area contributed by atoms with Crippen LogP contribution in [0.2, 0.25) is 0 Å². The zero-order chi connectivity index (χ0) is 21.1. The van der Waals surface area contributed by atoms with Gasteiger partial charge >= 0.3 is 12.1 Å². The number of carboxylic acid groups (broad SMARTS) is 1. The highest BCUT2D eigenvalue weighted by molar-refractivity contribution is 5.94. The van der Waals surface area contributed by atoms with Crippen LogP contribution in [0.1, 0.15) is 28.8 Å². The van der Waals surface area contributed by atoms with Crippen LogP contribution in [0.5, 0.6) is 5.75 Å². The van der Waals surface area contributed by atoms with Gasteiger partial charge in [0.2, 0.25) is 5.91 Å². The molecule has 0 aliphatic carbocycles. The number of ether oxygens (including phenoxy) is 2. The van der Waals surface area contributed by atoms with Crippen molar-refractivity contribution in [3.63, 3.8) is 0 Å². The molecule has 1 saturated heterocycles. The molecule has 2 amide bonds. The van der Waals surface area contributed by atoms with Gasteiger partial charge in [0.05, 0.1) is 18.2 Å². The lowest BCUT2D eigenvalue weighted by Gasteiger charge is -2.20. The largest absolute Gasteiger partial charge is 0.488 e. The summed E-state index contributed by atoms with van der Waals surface area (Å²) < 4.78 is 11.3. The van der Waals surface area contributed by atoms with Crippen molar-refractivity contribution in [2.24, 2.45) is 0 Å². The SMILES string of the molecule is O=C1CCc2ccc(O[C@H]3C[C@H](COC(=O)c4ccccc4)N(C(=O)O)C3)cc2N1. The average molecular weight is 410 g/mol. The minimum Gasteiger partial charge on any atom is -0.488 e. The summed E-state index contributed by atoms with van der Waals surface area (Å²) in [5.74, 6) is 0.0434. The molecule has 4 rings (SSSR count). The third-order valence-corrected chi connectivity index (χ3v) is 5.32. The highest BCUT2D eigenvalue weighted by atomic mass is 16.5. The number of nitrogens with one attached hydrogen (secondary N) is 1. The average Bonchev–Trinajstić information content (AvgIpc) is 3.15. The molecule has 8 nitrogen and oxygen atoms in total. The van der Waals surface area contributed by atoms with Gasteiger partial charge in [-0.05, 0) is 30.2 Å². The van der Waals surface area contributed by atoms with Crippen LogP contribution in [0.25, 0.3) is 0 Å². The summed E-state index contributed by atoms with van der Waals surface area (Å²) >= 11 is 0. The Bertz CT molecular complexity index is 961. The zero-order valence-electron chi connectivity index (χ0n) is 16.2. The molecule has 0 bridgehead atoms. The van der Waals surface area contributed by atoms with Crippen LogP contribution >= 0.6 is 0 Å². The first-order valence-electron chi connectivity index (χ1n) is 9.81. The van der Waals surface area contributed by atoms with Gasteiger partial charge in [-0.2, -0.15) is 0 Å². The van der Waals surface area contributed by atoms with Crippen molar-refractivity contribution < 1.29 is 29.0 Å². The van der Waals surface area contributed by atoms with Gasteiger partial charge in [-0.1, -0.05) is 24.3 Å². The number of aryl methyl sites for hydroxylation is 1. The predicted molar refractivity (Wildman–Crippen MR) is 108 cm³/mol. The molecule has 0 saturated carbocycles. The number of fused-ring (bicyclic) bond motifs is 1. The molecule has 2 aromatic carbocycles. The van der Waals surface area contributed by atoms with E-state index in [0.717, 1.165) is 11.3 Å². The van der Waals surface area contributed by atoms with E-state index in [2.05, 4.69) is 5.32 Å². The van der Waals surface area contributed by atoms with Crippen LogP contribution in [-0.2, 0) is 16.0 Å². The molecule has 2 aromatic rings. The monoisotopic (exact) mass is 410 g/mol. The number of rotatable bonds is 5. The smallest absolute Gasteiger partial charge is 0.407 e. The van der Waals surface area contributed by atoms with E-state index >= 15 is 0 Å². The van der Waals surface area contributed by atoms with Gasteiger partial charge in [-0.25, -0.2) is 9.59 Å². The van der Waals surface area contributed by atoms with Crippen molar-refractivity contribution in [1.29, 1.82) is 0 Å². The van der Waals surface area contributed by atoms with E-state index in [1.807, 2.05) is 12.1 Å². The minimum absolute atomic E-state index is 0.0298. The summed E-state index contributed by atoms with van der Waals surface area (Å²) in [6.07, 6.45) is 0.0929. The standard InChI is InChI=1S/C22H22N2O6/c25-20-9-7-14-6-8-17(11-19(14)23-20)30-18-10-16(24(12-18)22(27)28)13-29-21(26)15-4-2-1-3-5-15/h1-6,8,11,16,18H,7,9-10,12-13H2,(H,23,25)(H,27,28)/t16-,18+/m1/s1. The fourth-order valence-electron chi connectivity index (χ4n) is 3.80. The summed E-state index contributed by atoms with van der Waals surface area (Å²) in [7, 11) is 0. The zero-order valence-corrected chi connectivity index (χ0v) is 16.2. The third-order valence-electron chi connectivity index (χ3n) is 5.32. The molecule has 2 atom stereocenters. The Morgan fingerprint density at radius 3 is 2.70 bits per heavy atom. The number of carbonyl (C=O) groups is 3. The molecule has 0 aromatic heterocycles. The molecule has 0 radical (unpaired) electrons. The maximum Gasteiger partial charge on any atom is 0.407 e. The summed E-state index contributed by atoms with van der Waals surface area (Å²) in [6.45, 7) is 0.131. The summed E-state index contributed by atoms with van der Waals surface area (Å²) in [5, 5.41) is 12.3. The van der Waals surface area contributed by atoms with Crippen molar-refractivity contribution in [2.75, 3.05) is 18.5 Å². The number of hydrogen-bond donors (Lipinski definition) is 2. The molecule has 156 valence electrons. The first-order chi connectivity index (χ1) is 14.5. The molecule has 0 spiro atoms. The molecular weight excluding hydrogens is 388 g/mol. The number of esters is 1. The Labute approximate surface area is 173 Å². The summed E-state index contributed by atoms with van der Waals surface area (Å²) in [5.41, 5.74) is 2.19. The van der Waals surface area contributed by atoms with Gasteiger partial charge in [0.1, 0.15) is 18.5 Å². The maximum atomic E-state index is 12.2. The fourth-order valence-corrected chi connectivity index (χ4v) is 3.80. The molecule has 2 aliphatic heterocycles. The molecule has 8 heteroatoms. The van der Waals surface area contributed by atoms with Crippen molar-refractivity contribution in [3.8, 4) is 5.75 Å². The topological polar surface area (TPSA) is 105 Å². The van der Waals surface area contributed by atoms with Crippen LogP contribution in [0.15, 0.2) is 48.5 Å². The van der Waals surface area contributed by atoms with Gasteiger partial charge in [0.15, 0.2) is 0 Å². The Morgan fingerprint density at radius 1 is 1.13 bits per heavy atom. The number of benzene rings is 2. The van der Waals surface area contributed by atoms with E-state index in [0.29, 0.717) is 30.6 Å². The summed E-state index contributed by atoms with van der Waals surface area (Å²) in [6, 6.07) is 13.6. The van der Waals surface area contributed by atoms with E-state index in [9.17, 15) is 19.5 Å². The first kappa shape index (κ1) is 19.8. The Morgan fingerprint density at radius 2 is 1.93 bits per heavy atom. The van der Waals surface area contributed by atoms with Crippen LogP contribution in [0, 0.1) is 0 Å². The lowest BCUT2D eigenvalue weighted by molar-refractivity contribution is -0.116. The fraction of sp³-hybridized carbons (Fsp3) is 0.318. The van der Waals surface area contributed by atoms with Gasteiger partial charge < -0.3 is 19.9 Å². The molecule has 1 fully saturated rings. The van der Waals surface area contributed by atoms with Crippen molar-refractivity contribution in [3.05, 3.63) is 59.7 Å². The molecule has 0 unspecified atom stereocenters. The third kappa shape index (κ3) is 4.37. The van der Waals surface area contributed by atoms with E-state index < -0.39 is 18.1 Å². The van der Waals surface area contributed by atoms with Crippen LogP contribution < -0.4 is 10.1 Å². The van der Waals surface area contributed by atoms with E-state index in [4.69, 9.17) is 9.47 Å². The molecule has 2 heterocycles. The Kier molecular flexibility index (Phi) is 5.56. The van der Waals surface area contributed by atoms with Crippen LogP contribution in [-0.4, -0.2) is 53.3 Å². The number of carbonyl (C=O) groups excluding carboxylic acids is 2. The lowest BCUT2D eigenvalue weighted by atomic mass is 10.0.